The van der Waals surface area contributed by atoms with Crippen molar-refractivity contribution in [1.82, 2.24) is 0 Å². The number of aliphatic hydroxyl groups is 1. The molecule has 2 atom stereocenters. The summed E-state index contributed by atoms with van der Waals surface area (Å²) in [4.78, 5) is 0. The van der Waals surface area contributed by atoms with Gasteiger partial charge in [0.15, 0.2) is 0 Å². The topological polar surface area (TPSA) is 46.2 Å². The third kappa shape index (κ3) is 4.85. The summed E-state index contributed by atoms with van der Waals surface area (Å²) in [6.07, 6.45) is 2.37. The Balaban J connectivity index is 0.00000220. The average Bonchev–Trinajstić information content (AvgIpc) is 2.53. The van der Waals surface area contributed by atoms with Crippen molar-refractivity contribution in [3.05, 3.63) is 60.2 Å². The molecule has 0 spiro atoms. The molecule has 0 bridgehead atoms. The second-order valence-electron chi connectivity index (χ2n) is 5.23. The van der Waals surface area contributed by atoms with Crippen molar-refractivity contribution in [2.75, 3.05) is 0 Å². The van der Waals surface area contributed by atoms with Crippen LogP contribution < -0.4 is 5.73 Å². The van der Waals surface area contributed by atoms with Crippen LogP contribution in [-0.2, 0) is 0 Å². The molecule has 0 aliphatic rings. The smallest absolute Gasteiger partial charge is 0.0732 e. The third-order valence-electron chi connectivity index (χ3n) is 3.65. The molecule has 21 heavy (non-hydrogen) atoms. The van der Waals surface area contributed by atoms with Crippen molar-refractivity contribution < 1.29 is 5.11 Å². The van der Waals surface area contributed by atoms with E-state index in [-0.39, 0.29) is 18.4 Å². The van der Waals surface area contributed by atoms with Gasteiger partial charge in [-0.25, -0.2) is 0 Å². The van der Waals surface area contributed by atoms with Crippen molar-refractivity contribution >= 4 is 12.4 Å². The van der Waals surface area contributed by atoms with Gasteiger partial charge in [-0.05, 0) is 29.2 Å². The second-order valence-corrected chi connectivity index (χ2v) is 5.23. The lowest BCUT2D eigenvalue weighted by atomic mass is 9.95. The van der Waals surface area contributed by atoms with Crippen molar-refractivity contribution in [3.63, 3.8) is 0 Å². The summed E-state index contributed by atoms with van der Waals surface area (Å²) in [5.41, 5.74) is 9.48. The van der Waals surface area contributed by atoms with E-state index in [2.05, 4.69) is 31.2 Å². The van der Waals surface area contributed by atoms with Crippen LogP contribution in [0.15, 0.2) is 54.6 Å². The average molecular weight is 306 g/mol. The molecule has 0 aliphatic carbocycles. The zero-order valence-electron chi connectivity index (χ0n) is 12.4. The molecule has 2 nitrogen and oxygen atoms in total. The zero-order valence-corrected chi connectivity index (χ0v) is 13.2. The van der Waals surface area contributed by atoms with Gasteiger partial charge in [-0.3, -0.25) is 0 Å². The van der Waals surface area contributed by atoms with Crippen LogP contribution >= 0.6 is 12.4 Å². The maximum atomic E-state index is 10.1. The summed E-state index contributed by atoms with van der Waals surface area (Å²) in [5, 5.41) is 10.1. The fraction of sp³-hybridized carbons (Fsp3) is 0.333. The van der Waals surface area contributed by atoms with E-state index in [0.717, 1.165) is 30.4 Å². The highest BCUT2D eigenvalue weighted by Crippen LogP contribution is 2.24. The summed E-state index contributed by atoms with van der Waals surface area (Å²) in [7, 11) is 0. The van der Waals surface area contributed by atoms with E-state index >= 15 is 0 Å². The molecule has 3 heteroatoms. The number of halogens is 1. The molecule has 0 heterocycles. The van der Waals surface area contributed by atoms with E-state index in [9.17, 15) is 5.11 Å². The molecule has 0 saturated carbocycles. The van der Waals surface area contributed by atoms with E-state index in [1.54, 1.807) is 0 Å². The Morgan fingerprint density at radius 1 is 1.00 bits per heavy atom. The van der Waals surface area contributed by atoms with Crippen LogP contribution in [0.2, 0.25) is 0 Å². The van der Waals surface area contributed by atoms with Gasteiger partial charge in [0.1, 0.15) is 0 Å². The Morgan fingerprint density at radius 2 is 1.67 bits per heavy atom. The lowest BCUT2D eigenvalue weighted by molar-refractivity contribution is 0.132. The summed E-state index contributed by atoms with van der Waals surface area (Å²) >= 11 is 0. The Bertz CT molecular complexity index is 530. The second kappa shape index (κ2) is 8.83. The van der Waals surface area contributed by atoms with Gasteiger partial charge >= 0.3 is 0 Å². The summed E-state index contributed by atoms with van der Waals surface area (Å²) in [6.45, 7) is 2.12. The van der Waals surface area contributed by atoms with Crippen LogP contribution in [0.5, 0.6) is 0 Å². The third-order valence-corrected chi connectivity index (χ3v) is 3.65. The van der Waals surface area contributed by atoms with Crippen LogP contribution in [0.1, 0.15) is 37.8 Å². The maximum absolute atomic E-state index is 10.1. The first-order valence-electron chi connectivity index (χ1n) is 7.31. The largest absolute Gasteiger partial charge is 0.391 e. The number of hydrogen-bond donors (Lipinski definition) is 2. The SMILES string of the molecule is CCCC[C@@H](O)[C@@H](N)c1cccc(-c2ccccc2)c1.Cl. The molecule has 2 aromatic carbocycles. The van der Waals surface area contributed by atoms with Crippen LogP contribution in [-0.4, -0.2) is 11.2 Å². The Kier molecular flexibility index (Phi) is 7.44. The minimum atomic E-state index is -0.471. The number of aliphatic hydroxyl groups excluding tert-OH is 1. The van der Waals surface area contributed by atoms with Crippen molar-refractivity contribution in [2.24, 2.45) is 5.73 Å². The first kappa shape index (κ1) is 17.7. The predicted octanol–water partition coefficient (Wildman–Crippen LogP) is 4.33. The van der Waals surface area contributed by atoms with Gasteiger partial charge in [0.25, 0.3) is 0 Å². The number of benzene rings is 2. The van der Waals surface area contributed by atoms with Crippen molar-refractivity contribution in [1.29, 1.82) is 0 Å². The zero-order chi connectivity index (χ0) is 14.4. The molecule has 0 fully saturated rings. The Morgan fingerprint density at radius 3 is 2.33 bits per heavy atom. The number of hydrogen-bond acceptors (Lipinski definition) is 2. The molecule has 114 valence electrons. The van der Waals surface area contributed by atoms with E-state index in [4.69, 9.17) is 5.73 Å². The van der Waals surface area contributed by atoms with Gasteiger partial charge in [0, 0.05) is 0 Å². The number of unbranched alkanes of at least 4 members (excludes halogenated alkanes) is 1. The lowest BCUT2D eigenvalue weighted by Gasteiger charge is -2.19. The Hall–Kier alpha value is -1.35. The standard InChI is InChI=1S/C18H23NO.ClH/c1-2-3-12-17(20)18(19)16-11-7-10-15(13-16)14-8-5-4-6-9-14;/h4-11,13,17-18,20H,2-3,12,19H2,1H3;1H/t17-,18+;/m1./s1. The van der Waals surface area contributed by atoms with E-state index in [1.807, 2.05) is 30.3 Å². The molecule has 0 saturated heterocycles. The molecular weight excluding hydrogens is 282 g/mol. The number of rotatable bonds is 6. The van der Waals surface area contributed by atoms with Crippen LogP contribution in [0, 0.1) is 0 Å². The maximum Gasteiger partial charge on any atom is 0.0732 e. The summed E-state index contributed by atoms with van der Waals surface area (Å²) in [6, 6.07) is 18.1. The van der Waals surface area contributed by atoms with E-state index in [0.29, 0.717) is 0 Å². The van der Waals surface area contributed by atoms with Gasteiger partial charge in [0.2, 0.25) is 0 Å². The molecular formula is C18H24ClNO. The van der Waals surface area contributed by atoms with Gasteiger partial charge in [0.05, 0.1) is 12.1 Å². The molecule has 2 rings (SSSR count). The van der Waals surface area contributed by atoms with Crippen LogP contribution in [0.4, 0.5) is 0 Å². The molecule has 0 radical (unpaired) electrons. The normalized spacial score (nSPS) is 13.3. The van der Waals surface area contributed by atoms with Crippen molar-refractivity contribution in [3.8, 4) is 11.1 Å². The predicted molar refractivity (Wildman–Crippen MR) is 91.6 cm³/mol. The van der Waals surface area contributed by atoms with Crippen molar-refractivity contribution in [2.45, 2.75) is 38.3 Å². The van der Waals surface area contributed by atoms with Gasteiger partial charge in [-0.2, -0.15) is 0 Å². The van der Waals surface area contributed by atoms with E-state index in [1.165, 1.54) is 5.56 Å². The van der Waals surface area contributed by atoms with Gasteiger partial charge in [-0.1, -0.05) is 68.3 Å². The summed E-state index contributed by atoms with van der Waals surface area (Å²) < 4.78 is 0. The van der Waals surface area contributed by atoms with Crippen LogP contribution in [0.25, 0.3) is 11.1 Å². The highest BCUT2D eigenvalue weighted by molar-refractivity contribution is 5.85. The Labute approximate surface area is 133 Å². The molecule has 0 aliphatic heterocycles. The van der Waals surface area contributed by atoms with Gasteiger partial charge in [-0.15, -0.1) is 12.4 Å². The molecule has 3 N–H and O–H groups in total. The molecule has 0 aromatic heterocycles. The van der Waals surface area contributed by atoms with Gasteiger partial charge < -0.3 is 10.8 Å². The quantitative estimate of drug-likeness (QED) is 0.834. The minimum absolute atomic E-state index is 0. The fourth-order valence-electron chi connectivity index (χ4n) is 2.37. The van der Waals surface area contributed by atoms with Crippen LogP contribution in [0.3, 0.4) is 0 Å². The lowest BCUT2D eigenvalue weighted by Crippen LogP contribution is -2.26. The monoisotopic (exact) mass is 305 g/mol. The highest BCUT2D eigenvalue weighted by atomic mass is 35.5. The first-order chi connectivity index (χ1) is 9.72. The number of nitrogens with two attached hydrogens (primary N) is 1. The van der Waals surface area contributed by atoms with E-state index < -0.39 is 6.10 Å². The summed E-state index contributed by atoms with van der Waals surface area (Å²) in [5.74, 6) is 0. The molecule has 2 aromatic rings. The fourth-order valence-corrected chi connectivity index (χ4v) is 2.37. The highest BCUT2D eigenvalue weighted by Gasteiger charge is 2.16. The molecule has 0 unspecified atom stereocenters. The minimum Gasteiger partial charge on any atom is -0.391 e. The first-order valence-corrected chi connectivity index (χ1v) is 7.31. The molecule has 0 amide bonds.